The predicted octanol–water partition coefficient (Wildman–Crippen LogP) is 5.08. The van der Waals surface area contributed by atoms with E-state index in [0.29, 0.717) is 23.9 Å². The zero-order valence-corrected chi connectivity index (χ0v) is 17.9. The molecule has 0 fully saturated rings. The Hall–Kier alpha value is -3.41. The molecule has 0 saturated heterocycles. The molecule has 12 heteroatoms. The molecule has 1 amide bonds. The number of carbonyl (C=O) groups is 1. The number of nitrogens with zero attached hydrogens (tertiary/aromatic N) is 3. The molecule has 5 nitrogen and oxygen atoms in total. The molecule has 3 aromatic rings. The van der Waals surface area contributed by atoms with Crippen molar-refractivity contribution in [3.05, 3.63) is 82.9 Å². The summed E-state index contributed by atoms with van der Waals surface area (Å²) in [5, 5.41) is 5.91. The summed E-state index contributed by atoms with van der Waals surface area (Å²) in [5.41, 5.74) is -3.56. The molecule has 34 heavy (non-hydrogen) atoms. The number of nitrogens with one attached hydrogen (secondary N) is 1. The van der Waals surface area contributed by atoms with E-state index in [0.717, 1.165) is 12.1 Å². The Kier molecular flexibility index (Phi) is 7.01. The summed E-state index contributed by atoms with van der Waals surface area (Å²) in [6.45, 7) is -0.165. The molecule has 1 atom stereocenters. The van der Waals surface area contributed by atoms with Crippen LogP contribution in [0.3, 0.4) is 0 Å². The molecule has 0 radical (unpaired) electrons. The molecular weight excluding hydrogens is 469 g/mol. The number of likely N-dealkylation sites (N-methyl/N-ethyl adjacent to an activating group) is 1. The summed E-state index contributed by atoms with van der Waals surface area (Å²) < 4.78 is 94.4. The monoisotopic (exact) mass is 488 g/mol. The smallest absolute Gasteiger partial charge is 0.350 e. The van der Waals surface area contributed by atoms with Crippen molar-refractivity contribution in [2.45, 2.75) is 18.4 Å². The highest BCUT2D eigenvalue weighted by atomic mass is 19.4. The van der Waals surface area contributed by atoms with E-state index in [4.69, 9.17) is 0 Å². The number of benzene rings is 2. The van der Waals surface area contributed by atoms with Crippen molar-refractivity contribution >= 4 is 5.91 Å². The van der Waals surface area contributed by atoms with Gasteiger partial charge in [-0.25, -0.2) is 9.07 Å². The summed E-state index contributed by atoms with van der Waals surface area (Å²) in [7, 11) is 3.29. The molecule has 3 rings (SSSR count). The third-order valence-electron chi connectivity index (χ3n) is 5.01. The summed E-state index contributed by atoms with van der Waals surface area (Å²) in [6.07, 6.45) is -9.23. The summed E-state index contributed by atoms with van der Waals surface area (Å²) in [5.74, 6) is -1.65. The quantitative estimate of drug-likeness (QED) is 0.493. The van der Waals surface area contributed by atoms with Gasteiger partial charge in [0, 0.05) is 6.54 Å². The first-order valence-corrected chi connectivity index (χ1v) is 9.82. The Bertz CT molecular complexity index is 1170. The average Bonchev–Trinajstić information content (AvgIpc) is 3.19. The van der Waals surface area contributed by atoms with Gasteiger partial charge in [-0.2, -0.15) is 31.4 Å². The maximum Gasteiger partial charge on any atom is 0.434 e. The second-order valence-corrected chi connectivity index (χ2v) is 7.61. The largest absolute Gasteiger partial charge is 0.434 e. The highest BCUT2D eigenvalue weighted by Gasteiger charge is 2.41. The Morgan fingerprint density at radius 1 is 1.03 bits per heavy atom. The minimum atomic E-state index is -5.10. The molecule has 1 aromatic heterocycles. The van der Waals surface area contributed by atoms with Crippen LogP contribution in [0.5, 0.6) is 0 Å². The van der Waals surface area contributed by atoms with Gasteiger partial charge < -0.3 is 10.2 Å². The van der Waals surface area contributed by atoms with Gasteiger partial charge in [0.1, 0.15) is 5.82 Å². The van der Waals surface area contributed by atoms with Crippen LogP contribution in [0, 0.1) is 5.82 Å². The van der Waals surface area contributed by atoms with Gasteiger partial charge in [0.15, 0.2) is 5.69 Å². The molecule has 0 aliphatic carbocycles. The first-order chi connectivity index (χ1) is 15.8. The molecule has 0 unspecified atom stereocenters. The third kappa shape index (κ3) is 5.56. The van der Waals surface area contributed by atoms with Gasteiger partial charge in [-0.05, 0) is 50.0 Å². The van der Waals surface area contributed by atoms with Gasteiger partial charge in [0.2, 0.25) is 0 Å². The van der Waals surface area contributed by atoms with E-state index in [1.807, 2.05) is 0 Å². The van der Waals surface area contributed by atoms with Crippen molar-refractivity contribution in [1.82, 2.24) is 20.0 Å². The first kappa shape index (κ1) is 25.2. The Morgan fingerprint density at radius 3 is 2.29 bits per heavy atom. The minimum absolute atomic E-state index is 0.165. The number of carbonyl (C=O) groups excluding carboxylic acids is 1. The molecule has 182 valence electrons. The lowest BCUT2D eigenvalue weighted by molar-refractivity contribution is -0.143. The van der Waals surface area contributed by atoms with E-state index < -0.39 is 52.6 Å². The van der Waals surface area contributed by atoms with E-state index in [-0.39, 0.29) is 11.2 Å². The van der Waals surface area contributed by atoms with Gasteiger partial charge in [-0.15, -0.1) is 0 Å². The first-order valence-electron chi connectivity index (χ1n) is 9.82. The van der Waals surface area contributed by atoms with Crippen molar-refractivity contribution in [3.8, 4) is 5.69 Å². The highest BCUT2D eigenvalue weighted by molar-refractivity contribution is 5.95. The van der Waals surface area contributed by atoms with Crippen molar-refractivity contribution in [3.63, 3.8) is 0 Å². The van der Waals surface area contributed by atoms with Crippen molar-refractivity contribution < 1.29 is 35.5 Å². The van der Waals surface area contributed by atoms with Crippen molar-refractivity contribution in [2.75, 3.05) is 20.6 Å². The van der Waals surface area contributed by atoms with Crippen LogP contribution in [0.25, 0.3) is 5.69 Å². The lowest BCUT2D eigenvalue weighted by atomic mass is 10.1. The molecular formula is C22H19F7N4O. The zero-order valence-electron chi connectivity index (χ0n) is 17.9. The molecule has 2 aromatic carbocycles. The minimum Gasteiger partial charge on any atom is -0.350 e. The standard InChI is InChI=1S/C22H19F7N4O/c1-32(2)18(13-5-3-7-15(23)9-13)12-30-20(34)17-11-31-33(19(17)22(27,28)29)16-8-4-6-14(10-16)21(24,25)26/h3-11,18H,12H2,1-2H3,(H,30,34)/t18-/m0/s1. The lowest BCUT2D eigenvalue weighted by Gasteiger charge is -2.25. The Balaban J connectivity index is 1.93. The fourth-order valence-corrected chi connectivity index (χ4v) is 3.39. The van der Waals surface area contributed by atoms with Gasteiger partial charge in [-0.3, -0.25) is 4.79 Å². The van der Waals surface area contributed by atoms with E-state index in [1.54, 1.807) is 25.1 Å². The van der Waals surface area contributed by atoms with E-state index in [9.17, 15) is 35.5 Å². The number of hydrogen-bond acceptors (Lipinski definition) is 3. The number of amides is 1. The predicted molar refractivity (Wildman–Crippen MR) is 109 cm³/mol. The third-order valence-corrected chi connectivity index (χ3v) is 5.01. The SMILES string of the molecule is CN(C)[C@@H](CNC(=O)c1cnn(-c2cccc(C(F)(F)F)c2)c1C(F)(F)F)c1cccc(F)c1. The normalized spacial score (nSPS) is 13.2. The summed E-state index contributed by atoms with van der Waals surface area (Å²) in [4.78, 5) is 14.3. The maximum absolute atomic E-state index is 13.8. The molecule has 0 aliphatic rings. The Morgan fingerprint density at radius 2 is 1.71 bits per heavy atom. The van der Waals surface area contributed by atoms with Crippen LogP contribution in [-0.4, -0.2) is 41.2 Å². The maximum atomic E-state index is 13.8. The number of hydrogen-bond donors (Lipinski definition) is 1. The van der Waals surface area contributed by atoms with Crippen LogP contribution in [-0.2, 0) is 12.4 Å². The molecule has 1 N–H and O–H groups in total. The molecule has 0 aliphatic heterocycles. The summed E-state index contributed by atoms with van der Waals surface area (Å²) >= 11 is 0. The highest BCUT2D eigenvalue weighted by Crippen LogP contribution is 2.35. The second kappa shape index (κ2) is 9.45. The fourth-order valence-electron chi connectivity index (χ4n) is 3.39. The second-order valence-electron chi connectivity index (χ2n) is 7.61. The van der Waals surface area contributed by atoms with E-state index >= 15 is 0 Å². The molecule has 0 spiro atoms. The van der Waals surface area contributed by atoms with Crippen molar-refractivity contribution in [1.29, 1.82) is 0 Å². The van der Waals surface area contributed by atoms with Crippen LogP contribution in [0.4, 0.5) is 30.7 Å². The lowest BCUT2D eigenvalue weighted by Crippen LogP contribution is -2.35. The molecule has 0 saturated carbocycles. The van der Waals surface area contributed by atoms with Crippen LogP contribution < -0.4 is 5.32 Å². The zero-order chi connectivity index (χ0) is 25.3. The topological polar surface area (TPSA) is 50.2 Å². The number of rotatable bonds is 6. The number of aromatic nitrogens is 2. The average molecular weight is 488 g/mol. The molecule has 1 heterocycles. The van der Waals surface area contributed by atoms with Gasteiger partial charge in [0.25, 0.3) is 5.91 Å². The summed E-state index contributed by atoms with van der Waals surface area (Å²) in [6, 6.07) is 8.16. The number of halogens is 7. The number of alkyl halides is 6. The fraction of sp³-hybridized carbons (Fsp3) is 0.273. The molecule has 0 bridgehead atoms. The van der Waals surface area contributed by atoms with Crippen molar-refractivity contribution in [2.24, 2.45) is 0 Å². The van der Waals surface area contributed by atoms with Crippen LogP contribution in [0.15, 0.2) is 54.7 Å². The Labute approximate surface area is 189 Å². The van der Waals surface area contributed by atoms with Crippen LogP contribution in [0.2, 0.25) is 0 Å². The van der Waals surface area contributed by atoms with E-state index in [2.05, 4.69) is 10.4 Å². The van der Waals surface area contributed by atoms with Gasteiger partial charge in [0.05, 0.1) is 29.1 Å². The van der Waals surface area contributed by atoms with Crippen LogP contribution in [0.1, 0.15) is 33.2 Å². The van der Waals surface area contributed by atoms with Gasteiger partial charge >= 0.3 is 12.4 Å². The van der Waals surface area contributed by atoms with Crippen LogP contribution >= 0.6 is 0 Å². The van der Waals surface area contributed by atoms with E-state index in [1.165, 1.54) is 18.2 Å². The van der Waals surface area contributed by atoms with Gasteiger partial charge in [-0.1, -0.05) is 18.2 Å².